The van der Waals surface area contributed by atoms with Gasteiger partial charge in [0, 0.05) is 0 Å². The van der Waals surface area contributed by atoms with E-state index in [9.17, 15) is 4.39 Å². The largest absolute Gasteiger partial charge is 0.244 e. The van der Waals surface area contributed by atoms with Gasteiger partial charge in [-0.05, 0) is 12.8 Å². The van der Waals surface area contributed by atoms with Gasteiger partial charge in [0.15, 0.2) is 0 Å². The first-order valence-corrected chi connectivity index (χ1v) is 3.44. The van der Waals surface area contributed by atoms with Crippen LogP contribution in [0.3, 0.4) is 0 Å². The van der Waals surface area contributed by atoms with E-state index in [1.807, 2.05) is 6.42 Å². The third-order valence-electron chi connectivity index (χ3n) is 1.16. The number of hydrogen-bond acceptors (Lipinski definition) is 0. The van der Waals surface area contributed by atoms with Crippen molar-refractivity contribution in [3.05, 3.63) is 20.0 Å². The molecule has 0 saturated heterocycles. The highest BCUT2D eigenvalue weighted by Crippen LogP contribution is 2.04. The fourth-order valence-corrected chi connectivity index (χ4v) is 0.646. The van der Waals surface area contributed by atoms with Gasteiger partial charge in [0.1, 0.15) is 6.67 Å². The van der Waals surface area contributed by atoms with Gasteiger partial charge >= 0.3 is 0 Å². The zero-order chi connectivity index (χ0) is 6.95. The van der Waals surface area contributed by atoms with Gasteiger partial charge in [0.05, 0.1) is 0 Å². The fraction of sp³-hybridized carbons (Fsp3) is 0.625. The Morgan fingerprint density at radius 3 is 2.67 bits per heavy atom. The minimum atomic E-state index is 0.497. The van der Waals surface area contributed by atoms with Gasteiger partial charge in [-0.2, -0.15) is 0 Å². The SMILES string of the molecule is [CH2]CCCC[CH]C[CH]F. The van der Waals surface area contributed by atoms with Crippen LogP contribution < -0.4 is 0 Å². The highest BCUT2D eigenvalue weighted by Gasteiger charge is 1.87. The Hall–Kier alpha value is -0.0700. The second-order valence-electron chi connectivity index (χ2n) is 2.03. The maximum Gasteiger partial charge on any atom is 0.131 e. The van der Waals surface area contributed by atoms with Crippen LogP contribution in [0.4, 0.5) is 4.39 Å². The van der Waals surface area contributed by atoms with E-state index in [-0.39, 0.29) is 0 Å². The smallest absolute Gasteiger partial charge is 0.131 e. The maximum absolute atomic E-state index is 11.3. The van der Waals surface area contributed by atoms with Crippen molar-refractivity contribution in [2.24, 2.45) is 0 Å². The molecule has 0 aliphatic carbocycles. The predicted octanol–water partition coefficient (Wildman–Crippen LogP) is 3.11. The Kier molecular flexibility index (Phi) is 7.87. The molecule has 0 bridgehead atoms. The quantitative estimate of drug-likeness (QED) is 0.483. The number of unbranched alkanes of at least 4 members (excludes halogenated alkanes) is 5. The van der Waals surface area contributed by atoms with Crippen LogP contribution in [0.15, 0.2) is 0 Å². The third-order valence-corrected chi connectivity index (χ3v) is 1.16. The second kappa shape index (κ2) is 7.93. The van der Waals surface area contributed by atoms with Crippen molar-refractivity contribution in [3.63, 3.8) is 0 Å². The molecule has 0 aliphatic heterocycles. The molecule has 0 aromatic rings. The molecule has 0 unspecified atom stereocenters. The summed E-state index contributed by atoms with van der Waals surface area (Å²) in [6, 6.07) is 0. The molecular formula is C8H14F. The molecule has 0 aromatic carbocycles. The van der Waals surface area contributed by atoms with E-state index < -0.39 is 0 Å². The molecular weight excluding hydrogens is 115 g/mol. The molecule has 53 valence electrons. The van der Waals surface area contributed by atoms with Crippen LogP contribution in [0, 0.1) is 20.0 Å². The normalized spacial score (nSPS) is 10.0. The van der Waals surface area contributed by atoms with E-state index in [0.29, 0.717) is 13.1 Å². The molecule has 0 saturated carbocycles. The van der Waals surface area contributed by atoms with Crippen molar-refractivity contribution < 1.29 is 4.39 Å². The summed E-state index contributed by atoms with van der Waals surface area (Å²) in [5.74, 6) is 0. The Morgan fingerprint density at radius 2 is 2.11 bits per heavy atom. The molecule has 0 nitrogen and oxygen atoms in total. The topological polar surface area (TPSA) is 0 Å². The lowest BCUT2D eigenvalue weighted by atomic mass is 10.1. The van der Waals surface area contributed by atoms with E-state index >= 15 is 0 Å². The summed E-state index contributed by atoms with van der Waals surface area (Å²) in [7, 11) is 0. The van der Waals surface area contributed by atoms with Gasteiger partial charge in [-0.25, -0.2) is 4.39 Å². The van der Waals surface area contributed by atoms with E-state index in [1.165, 1.54) is 0 Å². The minimum Gasteiger partial charge on any atom is -0.244 e. The minimum absolute atomic E-state index is 0.497. The Balaban J connectivity index is 2.60. The lowest BCUT2D eigenvalue weighted by Crippen LogP contribution is -1.77. The summed E-state index contributed by atoms with van der Waals surface area (Å²) in [6.45, 7) is 4.39. The van der Waals surface area contributed by atoms with E-state index in [4.69, 9.17) is 0 Å². The van der Waals surface area contributed by atoms with E-state index in [1.54, 1.807) is 0 Å². The first-order chi connectivity index (χ1) is 4.41. The van der Waals surface area contributed by atoms with Crippen LogP contribution in [-0.4, -0.2) is 0 Å². The Morgan fingerprint density at radius 1 is 1.33 bits per heavy atom. The highest BCUT2D eigenvalue weighted by molar-refractivity contribution is 4.68. The van der Waals surface area contributed by atoms with Crippen LogP contribution in [-0.2, 0) is 0 Å². The molecule has 0 amide bonds. The number of halogens is 1. The Labute approximate surface area is 57.5 Å². The van der Waals surface area contributed by atoms with Crippen molar-refractivity contribution in [2.45, 2.75) is 32.1 Å². The van der Waals surface area contributed by atoms with Gasteiger partial charge < -0.3 is 0 Å². The van der Waals surface area contributed by atoms with Gasteiger partial charge in [-0.3, -0.25) is 0 Å². The molecule has 0 fully saturated rings. The first-order valence-electron chi connectivity index (χ1n) is 3.44. The van der Waals surface area contributed by atoms with Crippen molar-refractivity contribution in [1.29, 1.82) is 0 Å². The van der Waals surface area contributed by atoms with Crippen LogP contribution >= 0.6 is 0 Å². The fourth-order valence-electron chi connectivity index (χ4n) is 0.646. The van der Waals surface area contributed by atoms with Crippen LogP contribution in [0.5, 0.6) is 0 Å². The summed E-state index contributed by atoms with van der Waals surface area (Å²) in [5, 5.41) is 0. The van der Waals surface area contributed by atoms with Crippen molar-refractivity contribution >= 4 is 0 Å². The second-order valence-corrected chi connectivity index (χ2v) is 2.03. The van der Waals surface area contributed by atoms with Crippen molar-refractivity contribution in [2.75, 3.05) is 0 Å². The lowest BCUT2D eigenvalue weighted by Gasteiger charge is -1.94. The molecule has 0 aromatic heterocycles. The molecule has 0 heterocycles. The number of hydrogen-bond donors (Lipinski definition) is 0. The lowest BCUT2D eigenvalue weighted by molar-refractivity contribution is 0.584. The van der Waals surface area contributed by atoms with Crippen LogP contribution in [0.2, 0.25) is 0 Å². The van der Waals surface area contributed by atoms with Crippen LogP contribution in [0.25, 0.3) is 0 Å². The average Bonchev–Trinajstić information content (AvgIpc) is 1.89. The first kappa shape index (κ1) is 8.93. The monoisotopic (exact) mass is 129 g/mol. The molecule has 1 heteroatoms. The third kappa shape index (κ3) is 7.93. The standard InChI is InChI=1S/C8H14F/c1-2-3-4-5-6-7-8-9/h6,8H,1-5,7H2. The molecule has 9 heavy (non-hydrogen) atoms. The number of rotatable bonds is 6. The molecule has 0 spiro atoms. The maximum atomic E-state index is 11.3. The summed E-state index contributed by atoms with van der Waals surface area (Å²) in [4.78, 5) is 0. The molecule has 0 rings (SSSR count). The Bertz CT molecular complexity index is 37.8. The van der Waals surface area contributed by atoms with E-state index in [0.717, 1.165) is 25.7 Å². The van der Waals surface area contributed by atoms with Crippen molar-refractivity contribution in [1.82, 2.24) is 0 Å². The molecule has 0 atom stereocenters. The molecule has 0 N–H and O–H groups in total. The summed E-state index contributed by atoms with van der Waals surface area (Å²) in [6.07, 6.45) is 6.77. The van der Waals surface area contributed by atoms with Crippen molar-refractivity contribution in [3.8, 4) is 0 Å². The average molecular weight is 129 g/mol. The zero-order valence-electron chi connectivity index (χ0n) is 5.78. The highest BCUT2D eigenvalue weighted by atomic mass is 19.1. The summed E-state index contributed by atoms with van der Waals surface area (Å²) >= 11 is 0. The molecule has 3 radical (unpaired) electrons. The van der Waals surface area contributed by atoms with Gasteiger partial charge in [-0.1, -0.05) is 32.6 Å². The molecule has 0 aliphatic rings. The van der Waals surface area contributed by atoms with Gasteiger partial charge in [0.2, 0.25) is 0 Å². The predicted molar refractivity (Wildman–Crippen MR) is 38.1 cm³/mol. The van der Waals surface area contributed by atoms with Gasteiger partial charge in [-0.15, -0.1) is 0 Å². The summed E-state index contributed by atoms with van der Waals surface area (Å²) in [5.41, 5.74) is 0. The zero-order valence-corrected chi connectivity index (χ0v) is 5.78. The van der Waals surface area contributed by atoms with Gasteiger partial charge in [0.25, 0.3) is 0 Å². The summed E-state index contributed by atoms with van der Waals surface area (Å²) < 4.78 is 11.3. The van der Waals surface area contributed by atoms with E-state index in [2.05, 4.69) is 6.92 Å². The van der Waals surface area contributed by atoms with Crippen LogP contribution in [0.1, 0.15) is 32.1 Å².